The van der Waals surface area contributed by atoms with Crippen LogP contribution in [0.4, 0.5) is 5.69 Å². The van der Waals surface area contributed by atoms with Gasteiger partial charge >= 0.3 is 0 Å². The Morgan fingerprint density at radius 3 is 2.15 bits per heavy atom. The SMILES string of the molecule is Cc1cccc(N(CC(=O)N[C@@H](C)c2ccc(C(C)(C)C)cc2)S(=O)(=O)c2ccccc2)c1. The van der Waals surface area contributed by atoms with Crippen molar-refractivity contribution < 1.29 is 13.2 Å². The average molecular weight is 465 g/mol. The van der Waals surface area contributed by atoms with Crippen molar-refractivity contribution in [2.45, 2.75) is 51.0 Å². The Morgan fingerprint density at radius 2 is 1.58 bits per heavy atom. The summed E-state index contributed by atoms with van der Waals surface area (Å²) in [5.74, 6) is -0.372. The van der Waals surface area contributed by atoms with E-state index in [4.69, 9.17) is 0 Å². The third-order valence-corrected chi connectivity index (χ3v) is 7.35. The van der Waals surface area contributed by atoms with E-state index in [-0.39, 0.29) is 28.8 Å². The third kappa shape index (κ3) is 6.02. The molecule has 6 heteroatoms. The molecule has 1 atom stereocenters. The molecule has 0 saturated heterocycles. The molecule has 3 aromatic rings. The van der Waals surface area contributed by atoms with Crippen LogP contribution in [0.15, 0.2) is 83.8 Å². The van der Waals surface area contributed by atoms with Crippen LogP contribution in [0.25, 0.3) is 0 Å². The summed E-state index contributed by atoms with van der Waals surface area (Å²) in [6.45, 7) is 9.93. The van der Waals surface area contributed by atoms with Gasteiger partial charge in [-0.15, -0.1) is 0 Å². The zero-order valence-corrected chi connectivity index (χ0v) is 20.7. The molecule has 0 heterocycles. The Kier molecular flexibility index (Phi) is 7.28. The van der Waals surface area contributed by atoms with Gasteiger partial charge in [0, 0.05) is 0 Å². The van der Waals surface area contributed by atoms with Gasteiger partial charge in [-0.2, -0.15) is 0 Å². The topological polar surface area (TPSA) is 66.5 Å². The van der Waals surface area contributed by atoms with Gasteiger partial charge in [-0.1, -0.05) is 75.4 Å². The van der Waals surface area contributed by atoms with Gasteiger partial charge in [-0.05, 0) is 60.2 Å². The first-order chi connectivity index (χ1) is 15.5. The molecule has 0 fully saturated rings. The molecule has 174 valence electrons. The monoisotopic (exact) mass is 464 g/mol. The lowest BCUT2D eigenvalue weighted by atomic mass is 9.86. The summed E-state index contributed by atoms with van der Waals surface area (Å²) in [6.07, 6.45) is 0. The summed E-state index contributed by atoms with van der Waals surface area (Å²) in [5.41, 5.74) is 3.59. The van der Waals surface area contributed by atoms with Crippen molar-refractivity contribution in [2.75, 3.05) is 10.8 Å². The van der Waals surface area contributed by atoms with Crippen LogP contribution >= 0.6 is 0 Å². The number of sulfonamides is 1. The molecular formula is C27H32N2O3S. The van der Waals surface area contributed by atoms with Crippen molar-refractivity contribution in [1.29, 1.82) is 0 Å². The minimum atomic E-state index is -3.92. The first-order valence-corrected chi connectivity index (χ1v) is 12.5. The Bertz CT molecular complexity index is 1200. The van der Waals surface area contributed by atoms with Gasteiger partial charge in [0.2, 0.25) is 5.91 Å². The summed E-state index contributed by atoms with van der Waals surface area (Å²) >= 11 is 0. The zero-order valence-electron chi connectivity index (χ0n) is 19.9. The summed E-state index contributed by atoms with van der Waals surface area (Å²) in [6, 6.07) is 23.2. The second kappa shape index (κ2) is 9.79. The number of hydrogen-bond acceptors (Lipinski definition) is 3. The fraction of sp³-hybridized carbons (Fsp3) is 0.296. The van der Waals surface area contributed by atoms with Crippen molar-refractivity contribution in [2.24, 2.45) is 0 Å². The van der Waals surface area contributed by atoms with Crippen LogP contribution in [0.5, 0.6) is 0 Å². The van der Waals surface area contributed by atoms with E-state index >= 15 is 0 Å². The van der Waals surface area contributed by atoms with Crippen molar-refractivity contribution >= 4 is 21.6 Å². The van der Waals surface area contributed by atoms with Gasteiger partial charge < -0.3 is 5.32 Å². The summed E-state index contributed by atoms with van der Waals surface area (Å²) in [4.78, 5) is 13.1. The van der Waals surface area contributed by atoms with Crippen LogP contribution < -0.4 is 9.62 Å². The molecule has 3 aromatic carbocycles. The molecule has 5 nitrogen and oxygen atoms in total. The first kappa shape index (κ1) is 24.5. The van der Waals surface area contributed by atoms with Gasteiger partial charge in [-0.25, -0.2) is 8.42 Å². The number of aryl methyl sites for hydroxylation is 1. The van der Waals surface area contributed by atoms with Crippen LogP contribution in [0, 0.1) is 6.92 Å². The van der Waals surface area contributed by atoms with Crippen LogP contribution in [0.2, 0.25) is 0 Å². The number of amides is 1. The summed E-state index contributed by atoms with van der Waals surface area (Å²) in [5, 5.41) is 2.95. The molecular weight excluding hydrogens is 432 g/mol. The van der Waals surface area contributed by atoms with Gasteiger partial charge in [-0.3, -0.25) is 9.10 Å². The smallest absolute Gasteiger partial charge is 0.264 e. The molecule has 33 heavy (non-hydrogen) atoms. The van der Waals surface area contributed by atoms with Crippen LogP contribution in [-0.4, -0.2) is 20.9 Å². The minimum Gasteiger partial charge on any atom is -0.348 e. The van der Waals surface area contributed by atoms with E-state index in [1.807, 2.05) is 32.0 Å². The van der Waals surface area contributed by atoms with Crippen molar-refractivity contribution in [3.05, 3.63) is 95.6 Å². The first-order valence-electron chi connectivity index (χ1n) is 11.0. The van der Waals surface area contributed by atoms with Gasteiger partial charge in [0.25, 0.3) is 10.0 Å². The van der Waals surface area contributed by atoms with Gasteiger partial charge in [0.1, 0.15) is 6.54 Å². The molecule has 1 amide bonds. The third-order valence-electron chi connectivity index (χ3n) is 5.56. The lowest BCUT2D eigenvalue weighted by Gasteiger charge is -2.25. The van der Waals surface area contributed by atoms with Gasteiger partial charge in [0.15, 0.2) is 0 Å². The van der Waals surface area contributed by atoms with Crippen molar-refractivity contribution in [3.63, 3.8) is 0 Å². The predicted molar refractivity (Wildman–Crippen MR) is 134 cm³/mol. The second-order valence-electron chi connectivity index (χ2n) is 9.32. The lowest BCUT2D eigenvalue weighted by Crippen LogP contribution is -2.41. The molecule has 0 bridgehead atoms. The Hall–Kier alpha value is -3.12. The highest BCUT2D eigenvalue weighted by Gasteiger charge is 2.27. The molecule has 3 rings (SSSR count). The summed E-state index contributed by atoms with van der Waals surface area (Å²) < 4.78 is 28.0. The molecule has 0 aromatic heterocycles. The number of benzene rings is 3. The van der Waals surface area contributed by atoms with E-state index < -0.39 is 10.0 Å². The zero-order chi connectivity index (χ0) is 24.2. The molecule has 1 N–H and O–H groups in total. The lowest BCUT2D eigenvalue weighted by molar-refractivity contribution is -0.120. The molecule has 0 saturated carbocycles. The molecule has 0 aliphatic heterocycles. The van der Waals surface area contributed by atoms with E-state index in [0.717, 1.165) is 11.1 Å². The Morgan fingerprint density at radius 1 is 0.939 bits per heavy atom. The van der Waals surface area contributed by atoms with Crippen LogP contribution in [-0.2, 0) is 20.2 Å². The van der Waals surface area contributed by atoms with E-state index in [1.54, 1.807) is 36.4 Å². The molecule has 0 aliphatic rings. The Labute approximate surface area is 197 Å². The maximum atomic E-state index is 13.4. The van der Waals surface area contributed by atoms with Crippen LogP contribution in [0.3, 0.4) is 0 Å². The van der Waals surface area contributed by atoms with E-state index in [1.165, 1.54) is 22.0 Å². The highest BCUT2D eigenvalue weighted by molar-refractivity contribution is 7.92. The average Bonchev–Trinajstić information content (AvgIpc) is 2.77. The minimum absolute atomic E-state index is 0.0468. The number of nitrogens with one attached hydrogen (secondary N) is 1. The maximum absolute atomic E-state index is 13.4. The quantitative estimate of drug-likeness (QED) is 0.511. The highest BCUT2D eigenvalue weighted by Crippen LogP contribution is 2.26. The predicted octanol–water partition coefficient (Wildman–Crippen LogP) is 5.37. The number of carbonyl (C=O) groups is 1. The second-order valence-corrected chi connectivity index (χ2v) is 11.2. The Balaban J connectivity index is 1.83. The van der Waals surface area contributed by atoms with E-state index in [9.17, 15) is 13.2 Å². The largest absolute Gasteiger partial charge is 0.348 e. The fourth-order valence-electron chi connectivity index (χ4n) is 3.59. The molecule has 0 aliphatic carbocycles. The number of rotatable bonds is 7. The number of anilines is 1. The normalized spacial score (nSPS) is 12.8. The maximum Gasteiger partial charge on any atom is 0.264 e. The fourth-order valence-corrected chi connectivity index (χ4v) is 5.02. The van der Waals surface area contributed by atoms with Crippen molar-refractivity contribution in [3.8, 4) is 0 Å². The highest BCUT2D eigenvalue weighted by atomic mass is 32.2. The number of nitrogens with zero attached hydrogens (tertiary/aromatic N) is 1. The van der Waals surface area contributed by atoms with Crippen molar-refractivity contribution in [1.82, 2.24) is 5.32 Å². The van der Waals surface area contributed by atoms with E-state index in [2.05, 4.69) is 38.2 Å². The molecule has 0 radical (unpaired) electrons. The standard InChI is InChI=1S/C27H32N2O3S/c1-20-10-9-11-24(18-20)29(33(31,32)25-12-7-6-8-13-25)19-26(30)28-21(2)22-14-16-23(17-15-22)27(3,4)5/h6-18,21H,19H2,1-5H3,(H,28,30)/t21-/m0/s1. The number of hydrogen-bond donors (Lipinski definition) is 1. The van der Waals surface area contributed by atoms with Crippen LogP contribution in [0.1, 0.15) is 50.4 Å². The van der Waals surface area contributed by atoms with E-state index in [0.29, 0.717) is 5.69 Å². The molecule has 0 unspecified atom stereocenters. The van der Waals surface area contributed by atoms with Gasteiger partial charge in [0.05, 0.1) is 16.6 Å². The molecule has 0 spiro atoms. The number of carbonyl (C=O) groups excluding carboxylic acids is 1. The summed E-state index contributed by atoms with van der Waals surface area (Å²) in [7, 11) is -3.92.